The Kier molecular flexibility index (Phi) is 3.98. The predicted octanol–water partition coefficient (Wildman–Crippen LogP) is 1.61. The Labute approximate surface area is 131 Å². The number of nitriles is 1. The lowest BCUT2D eigenvalue weighted by Gasteiger charge is -2.29. The third-order valence-corrected chi connectivity index (χ3v) is 7.03. The van der Waals surface area contributed by atoms with Gasteiger partial charge in [0.15, 0.2) is 0 Å². The molecule has 3 atom stereocenters. The van der Waals surface area contributed by atoms with E-state index in [1.807, 2.05) is 6.07 Å². The van der Waals surface area contributed by atoms with E-state index in [1.165, 1.54) is 0 Å². The average Bonchev–Trinajstić information content (AvgIpc) is 2.93. The maximum absolute atomic E-state index is 12.9. The molecular weight excluding hydrogens is 298 g/mol. The minimum Gasteiger partial charge on any atom is -0.327 e. The Hall–Kier alpha value is -1.42. The highest BCUT2D eigenvalue weighted by atomic mass is 32.2. The van der Waals surface area contributed by atoms with Crippen molar-refractivity contribution in [3.8, 4) is 6.07 Å². The first-order valence-electron chi connectivity index (χ1n) is 7.70. The van der Waals surface area contributed by atoms with Crippen LogP contribution in [0.5, 0.6) is 0 Å². The molecule has 1 saturated carbocycles. The summed E-state index contributed by atoms with van der Waals surface area (Å²) in [4.78, 5) is 0.304. The zero-order valence-electron chi connectivity index (χ0n) is 12.7. The van der Waals surface area contributed by atoms with Crippen molar-refractivity contribution >= 4 is 10.0 Å². The lowest BCUT2D eigenvalue weighted by molar-refractivity contribution is 0.260. The predicted molar refractivity (Wildman–Crippen MR) is 83.5 cm³/mol. The van der Waals surface area contributed by atoms with Crippen LogP contribution in [0.25, 0.3) is 0 Å². The number of sulfonamides is 1. The van der Waals surface area contributed by atoms with Crippen molar-refractivity contribution in [1.82, 2.24) is 4.31 Å². The number of fused-ring (bicyclic) bond motifs is 1. The molecule has 0 spiro atoms. The molecule has 5 nitrogen and oxygen atoms in total. The van der Waals surface area contributed by atoms with Crippen molar-refractivity contribution in [3.05, 3.63) is 29.3 Å². The second-order valence-electron chi connectivity index (χ2n) is 6.43. The maximum atomic E-state index is 12.9. The maximum Gasteiger partial charge on any atom is 0.243 e. The third kappa shape index (κ3) is 2.54. The molecule has 1 aliphatic carbocycles. The van der Waals surface area contributed by atoms with E-state index in [0.717, 1.165) is 19.3 Å². The molecule has 1 saturated heterocycles. The van der Waals surface area contributed by atoms with Gasteiger partial charge in [-0.1, -0.05) is 6.42 Å². The van der Waals surface area contributed by atoms with Crippen LogP contribution in [0.3, 0.4) is 0 Å². The van der Waals surface area contributed by atoms with Crippen LogP contribution in [0, 0.1) is 30.1 Å². The van der Waals surface area contributed by atoms with Gasteiger partial charge in [0.2, 0.25) is 10.0 Å². The molecule has 22 heavy (non-hydrogen) atoms. The molecule has 118 valence electrons. The van der Waals surface area contributed by atoms with Crippen molar-refractivity contribution < 1.29 is 8.42 Å². The second-order valence-corrected chi connectivity index (χ2v) is 8.34. The summed E-state index contributed by atoms with van der Waals surface area (Å²) in [6, 6.07) is 6.89. The van der Waals surface area contributed by atoms with Gasteiger partial charge in [-0.25, -0.2) is 8.42 Å². The van der Waals surface area contributed by atoms with Gasteiger partial charge in [-0.2, -0.15) is 9.57 Å². The SMILES string of the molecule is Cc1cc(C#N)ccc1S(=O)(=O)N1CC2CCCC(N)C2C1. The van der Waals surface area contributed by atoms with Crippen molar-refractivity contribution in [2.75, 3.05) is 13.1 Å². The molecule has 0 bridgehead atoms. The summed E-state index contributed by atoms with van der Waals surface area (Å²) < 4.78 is 27.4. The van der Waals surface area contributed by atoms with Crippen molar-refractivity contribution in [3.63, 3.8) is 0 Å². The number of hydrogen-bond acceptors (Lipinski definition) is 4. The van der Waals surface area contributed by atoms with Crippen LogP contribution in [0.2, 0.25) is 0 Å². The zero-order valence-corrected chi connectivity index (χ0v) is 13.5. The lowest BCUT2D eigenvalue weighted by atomic mass is 9.78. The molecule has 1 heterocycles. The molecule has 1 aliphatic heterocycles. The largest absolute Gasteiger partial charge is 0.327 e. The molecule has 2 aliphatic rings. The fourth-order valence-electron chi connectivity index (χ4n) is 3.82. The first-order valence-corrected chi connectivity index (χ1v) is 9.14. The van der Waals surface area contributed by atoms with E-state index in [-0.39, 0.29) is 12.0 Å². The molecule has 3 rings (SSSR count). The van der Waals surface area contributed by atoms with Crippen LogP contribution in [-0.4, -0.2) is 31.9 Å². The monoisotopic (exact) mass is 319 g/mol. The van der Waals surface area contributed by atoms with Gasteiger partial charge < -0.3 is 5.73 Å². The summed E-state index contributed by atoms with van der Waals surface area (Å²) in [7, 11) is -3.51. The Morgan fingerprint density at radius 2 is 2.09 bits per heavy atom. The smallest absolute Gasteiger partial charge is 0.243 e. The molecule has 0 aromatic heterocycles. The zero-order chi connectivity index (χ0) is 15.9. The van der Waals surface area contributed by atoms with E-state index in [4.69, 9.17) is 11.0 Å². The molecule has 2 N–H and O–H groups in total. The van der Waals surface area contributed by atoms with Crippen LogP contribution < -0.4 is 5.73 Å². The van der Waals surface area contributed by atoms with Crippen LogP contribution in [-0.2, 0) is 10.0 Å². The Balaban J connectivity index is 1.90. The van der Waals surface area contributed by atoms with Crippen LogP contribution >= 0.6 is 0 Å². The summed E-state index contributed by atoms with van der Waals surface area (Å²) in [5.74, 6) is 0.666. The minimum absolute atomic E-state index is 0.112. The molecule has 1 aromatic rings. The van der Waals surface area contributed by atoms with E-state index in [2.05, 4.69) is 0 Å². The van der Waals surface area contributed by atoms with Gasteiger partial charge in [-0.15, -0.1) is 0 Å². The van der Waals surface area contributed by atoms with Crippen LogP contribution in [0.15, 0.2) is 23.1 Å². The van der Waals surface area contributed by atoms with Crippen molar-refractivity contribution in [1.29, 1.82) is 5.26 Å². The van der Waals surface area contributed by atoms with Crippen LogP contribution in [0.4, 0.5) is 0 Å². The standard InChI is InChI=1S/C16H21N3O2S/c1-11-7-12(8-17)5-6-16(11)22(20,21)19-9-13-3-2-4-15(18)14(13)10-19/h5-7,13-15H,2-4,9-10,18H2,1H3. The molecule has 3 unspecified atom stereocenters. The van der Waals surface area contributed by atoms with Gasteiger partial charge >= 0.3 is 0 Å². The summed E-state index contributed by atoms with van der Waals surface area (Å²) in [5.41, 5.74) is 7.28. The fourth-order valence-corrected chi connectivity index (χ4v) is 5.56. The van der Waals surface area contributed by atoms with E-state index in [9.17, 15) is 8.42 Å². The van der Waals surface area contributed by atoms with E-state index in [0.29, 0.717) is 35.0 Å². The quantitative estimate of drug-likeness (QED) is 0.897. The molecule has 6 heteroatoms. The topological polar surface area (TPSA) is 87.2 Å². The molecule has 0 amide bonds. The van der Waals surface area contributed by atoms with Gasteiger partial charge in [0, 0.05) is 19.1 Å². The average molecular weight is 319 g/mol. The van der Waals surface area contributed by atoms with E-state index < -0.39 is 10.0 Å². The normalized spacial score (nSPS) is 29.0. The summed E-state index contributed by atoms with van der Waals surface area (Å²) in [5, 5.41) is 8.91. The highest BCUT2D eigenvalue weighted by Crippen LogP contribution is 2.38. The summed E-state index contributed by atoms with van der Waals surface area (Å²) >= 11 is 0. The number of aryl methyl sites for hydroxylation is 1. The molecule has 1 aromatic carbocycles. The third-order valence-electron chi connectivity index (χ3n) is 5.04. The number of benzene rings is 1. The molecule has 0 radical (unpaired) electrons. The fraction of sp³-hybridized carbons (Fsp3) is 0.562. The van der Waals surface area contributed by atoms with E-state index in [1.54, 1.807) is 29.4 Å². The molecular formula is C16H21N3O2S. The first kappa shape index (κ1) is 15.5. The second kappa shape index (κ2) is 5.65. The highest BCUT2D eigenvalue weighted by molar-refractivity contribution is 7.89. The first-order chi connectivity index (χ1) is 10.4. The van der Waals surface area contributed by atoms with Crippen LogP contribution in [0.1, 0.15) is 30.4 Å². The van der Waals surface area contributed by atoms with Gasteiger partial charge in [0.1, 0.15) is 0 Å². The summed E-state index contributed by atoms with van der Waals surface area (Å²) in [6.45, 7) is 2.83. The van der Waals surface area contributed by atoms with Gasteiger partial charge in [0.25, 0.3) is 0 Å². The highest BCUT2D eigenvalue weighted by Gasteiger charge is 2.43. The van der Waals surface area contributed by atoms with Gasteiger partial charge in [0.05, 0.1) is 16.5 Å². The lowest BCUT2D eigenvalue weighted by Crippen LogP contribution is -2.38. The Morgan fingerprint density at radius 3 is 2.73 bits per heavy atom. The number of nitrogens with zero attached hydrogens (tertiary/aromatic N) is 2. The van der Waals surface area contributed by atoms with Crippen molar-refractivity contribution in [2.24, 2.45) is 17.6 Å². The van der Waals surface area contributed by atoms with E-state index >= 15 is 0 Å². The minimum atomic E-state index is -3.51. The Bertz CT molecular complexity index is 723. The number of hydrogen-bond donors (Lipinski definition) is 1. The summed E-state index contributed by atoms with van der Waals surface area (Å²) in [6.07, 6.45) is 3.15. The van der Waals surface area contributed by atoms with Gasteiger partial charge in [-0.05, 0) is 55.4 Å². The van der Waals surface area contributed by atoms with Gasteiger partial charge in [-0.3, -0.25) is 0 Å². The number of rotatable bonds is 2. The van der Waals surface area contributed by atoms with Crippen molar-refractivity contribution in [2.45, 2.75) is 37.1 Å². The Morgan fingerprint density at radius 1 is 1.32 bits per heavy atom. The molecule has 2 fully saturated rings. The number of nitrogens with two attached hydrogens (primary N) is 1.